The molecule has 1 aromatic carbocycles. The molecule has 1 fully saturated rings. The number of nitrogens with zero attached hydrogens (tertiary/aromatic N) is 1. The molecule has 2 amide bonds. The number of anilines is 1. The highest BCUT2D eigenvalue weighted by atomic mass is 79.9. The van der Waals surface area contributed by atoms with E-state index in [1.165, 1.54) is 4.90 Å². The zero-order chi connectivity index (χ0) is 11.0. The molecule has 0 bridgehead atoms. The van der Waals surface area contributed by atoms with E-state index in [0.717, 1.165) is 4.47 Å². The van der Waals surface area contributed by atoms with Crippen molar-refractivity contribution in [3.8, 4) is 0 Å². The summed E-state index contributed by atoms with van der Waals surface area (Å²) in [5.41, 5.74) is 0.530. The SMILES string of the molecule is O=C1CCC(=O)N1c1cc(Cl)cc(Br)c1. The molecular weight excluding hydrogens is 281 g/mol. The van der Waals surface area contributed by atoms with Gasteiger partial charge in [-0.25, -0.2) is 0 Å². The van der Waals surface area contributed by atoms with E-state index < -0.39 is 0 Å². The summed E-state index contributed by atoms with van der Waals surface area (Å²) in [7, 11) is 0. The Bertz CT molecular complexity index is 411. The lowest BCUT2D eigenvalue weighted by Gasteiger charge is -2.14. The molecule has 1 aromatic rings. The van der Waals surface area contributed by atoms with Crippen LogP contribution in [0.2, 0.25) is 5.02 Å². The second-order valence-corrected chi connectivity index (χ2v) is 4.60. The van der Waals surface area contributed by atoms with Crippen LogP contribution in [0.5, 0.6) is 0 Å². The summed E-state index contributed by atoms with van der Waals surface area (Å²) in [5.74, 6) is -0.344. The average molecular weight is 289 g/mol. The predicted molar refractivity (Wildman–Crippen MR) is 60.9 cm³/mol. The third-order valence-corrected chi connectivity index (χ3v) is 2.83. The van der Waals surface area contributed by atoms with Gasteiger partial charge in [-0.3, -0.25) is 14.5 Å². The molecular formula is C10H7BrClNO2. The van der Waals surface area contributed by atoms with E-state index in [1.807, 2.05) is 0 Å². The quantitative estimate of drug-likeness (QED) is 0.745. The maximum absolute atomic E-state index is 11.5. The number of hydrogen-bond acceptors (Lipinski definition) is 2. The number of carbonyl (C=O) groups is 2. The molecule has 15 heavy (non-hydrogen) atoms. The van der Waals surface area contributed by atoms with Crippen molar-refractivity contribution in [2.24, 2.45) is 0 Å². The molecule has 5 heteroatoms. The van der Waals surface area contributed by atoms with Gasteiger partial charge in [0.1, 0.15) is 0 Å². The average Bonchev–Trinajstić information content (AvgIpc) is 2.44. The van der Waals surface area contributed by atoms with E-state index in [2.05, 4.69) is 15.9 Å². The van der Waals surface area contributed by atoms with Crippen LogP contribution in [0.1, 0.15) is 12.8 Å². The van der Waals surface area contributed by atoms with Crippen LogP contribution < -0.4 is 4.90 Å². The highest BCUT2D eigenvalue weighted by Crippen LogP contribution is 2.29. The highest BCUT2D eigenvalue weighted by molar-refractivity contribution is 9.10. The molecule has 0 radical (unpaired) electrons. The predicted octanol–water partition coefficient (Wildman–Crippen LogP) is 2.76. The fraction of sp³-hybridized carbons (Fsp3) is 0.200. The third-order valence-electron chi connectivity index (χ3n) is 2.16. The minimum absolute atomic E-state index is 0.172. The van der Waals surface area contributed by atoms with E-state index in [1.54, 1.807) is 18.2 Å². The lowest BCUT2D eigenvalue weighted by atomic mass is 10.3. The van der Waals surface area contributed by atoms with Crippen molar-refractivity contribution in [3.63, 3.8) is 0 Å². The minimum Gasteiger partial charge on any atom is -0.274 e. The summed E-state index contributed by atoms with van der Waals surface area (Å²) in [6.07, 6.45) is 0.561. The maximum Gasteiger partial charge on any atom is 0.234 e. The molecule has 0 atom stereocenters. The molecule has 0 aliphatic carbocycles. The van der Waals surface area contributed by atoms with Crippen LogP contribution in [0, 0.1) is 0 Å². The van der Waals surface area contributed by atoms with Gasteiger partial charge in [0.25, 0.3) is 0 Å². The molecule has 1 aliphatic heterocycles. The first-order valence-electron chi connectivity index (χ1n) is 4.40. The van der Waals surface area contributed by atoms with E-state index in [-0.39, 0.29) is 24.7 Å². The topological polar surface area (TPSA) is 37.4 Å². The van der Waals surface area contributed by atoms with Gasteiger partial charge < -0.3 is 0 Å². The number of imide groups is 1. The summed E-state index contributed by atoms with van der Waals surface area (Å²) in [4.78, 5) is 24.1. The van der Waals surface area contributed by atoms with E-state index >= 15 is 0 Å². The van der Waals surface area contributed by atoms with Gasteiger partial charge in [-0.2, -0.15) is 0 Å². The van der Waals surface area contributed by atoms with Gasteiger partial charge in [-0.15, -0.1) is 0 Å². The Balaban J connectivity index is 2.44. The first kappa shape index (κ1) is 10.6. The zero-order valence-corrected chi connectivity index (χ0v) is 10.0. The maximum atomic E-state index is 11.5. The minimum atomic E-state index is -0.172. The molecule has 1 aliphatic rings. The Hall–Kier alpha value is -0.870. The zero-order valence-electron chi connectivity index (χ0n) is 7.67. The lowest BCUT2D eigenvalue weighted by molar-refractivity contribution is -0.121. The normalized spacial score (nSPS) is 16.3. The first-order chi connectivity index (χ1) is 7.08. The van der Waals surface area contributed by atoms with Gasteiger partial charge in [-0.05, 0) is 18.2 Å². The van der Waals surface area contributed by atoms with Crippen LogP contribution in [0.4, 0.5) is 5.69 Å². The van der Waals surface area contributed by atoms with E-state index in [0.29, 0.717) is 10.7 Å². The van der Waals surface area contributed by atoms with Crippen LogP contribution in [0.15, 0.2) is 22.7 Å². The smallest absolute Gasteiger partial charge is 0.234 e. The van der Waals surface area contributed by atoms with Crippen molar-refractivity contribution in [1.82, 2.24) is 0 Å². The number of rotatable bonds is 1. The van der Waals surface area contributed by atoms with Crippen LogP contribution in [0.25, 0.3) is 0 Å². The summed E-state index contributed by atoms with van der Waals surface area (Å²) < 4.78 is 0.748. The Morgan fingerprint density at radius 1 is 1.13 bits per heavy atom. The van der Waals surface area contributed by atoms with Crippen LogP contribution in [0.3, 0.4) is 0 Å². The molecule has 0 N–H and O–H groups in total. The highest BCUT2D eigenvalue weighted by Gasteiger charge is 2.30. The summed E-state index contributed by atoms with van der Waals surface area (Å²) >= 11 is 9.11. The third kappa shape index (κ3) is 2.06. The summed E-state index contributed by atoms with van der Waals surface area (Å²) in [6.45, 7) is 0. The van der Waals surface area contributed by atoms with Gasteiger partial charge >= 0.3 is 0 Å². The van der Waals surface area contributed by atoms with Gasteiger partial charge in [0, 0.05) is 22.3 Å². The van der Waals surface area contributed by atoms with E-state index in [4.69, 9.17) is 11.6 Å². The van der Waals surface area contributed by atoms with Crippen molar-refractivity contribution in [2.45, 2.75) is 12.8 Å². The van der Waals surface area contributed by atoms with E-state index in [9.17, 15) is 9.59 Å². The number of benzene rings is 1. The molecule has 0 aromatic heterocycles. The molecule has 3 nitrogen and oxygen atoms in total. The summed E-state index contributed by atoms with van der Waals surface area (Å²) in [6, 6.07) is 5.01. The van der Waals surface area contributed by atoms with Crippen LogP contribution in [-0.2, 0) is 9.59 Å². The Morgan fingerprint density at radius 2 is 1.73 bits per heavy atom. The standard InChI is InChI=1S/C10H7BrClNO2/c11-6-3-7(12)5-8(4-6)13-9(14)1-2-10(13)15/h3-5H,1-2H2. The second kappa shape index (κ2) is 3.94. The number of carbonyl (C=O) groups excluding carboxylic acids is 2. The molecule has 0 saturated carbocycles. The first-order valence-corrected chi connectivity index (χ1v) is 5.57. The molecule has 1 saturated heterocycles. The van der Waals surface area contributed by atoms with Crippen molar-refractivity contribution < 1.29 is 9.59 Å². The molecule has 2 rings (SSSR count). The Kier molecular flexibility index (Phi) is 2.80. The van der Waals surface area contributed by atoms with Crippen LogP contribution in [-0.4, -0.2) is 11.8 Å². The van der Waals surface area contributed by atoms with Gasteiger partial charge in [0.2, 0.25) is 11.8 Å². The molecule has 78 valence electrons. The second-order valence-electron chi connectivity index (χ2n) is 3.25. The Morgan fingerprint density at radius 3 is 2.27 bits per heavy atom. The van der Waals surface area contributed by atoms with Crippen molar-refractivity contribution >= 4 is 45.0 Å². The lowest BCUT2D eigenvalue weighted by Crippen LogP contribution is -2.28. The number of amides is 2. The Labute approximate surface area is 100 Å². The number of halogens is 2. The van der Waals surface area contributed by atoms with Gasteiger partial charge in [0.15, 0.2) is 0 Å². The fourth-order valence-electron chi connectivity index (χ4n) is 1.53. The van der Waals surface area contributed by atoms with Crippen LogP contribution >= 0.6 is 27.5 Å². The van der Waals surface area contributed by atoms with Crippen molar-refractivity contribution in [2.75, 3.05) is 4.90 Å². The monoisotopic (exact) mass is 287 g/mol. The van der Waals surface area contributed by atoms with Gasteiger partial charge in [-0.1, -0.05) is 27.5 Å². The largest absolute Gasteiger partial charge is 0.274 e. The number of hydrogen-bond donors (Lipinski definition) is 0. The molecule has 1 heterocycles. The summed E-state index contributed by atoms with van der Waals surface area (Å²) in [5, 5.41) is 0.492. The van der Waals surface area contributed by atoms with Gasteiger partial charge in [0.05, 0.1) is 5.69 Å². The molecule has 0 spiro atoms. The van der Waals surface area contributed by atoms with Crippen molar-refractivity contribution in [1.29, 1.82) is 0 Å². The molecule has 0 unspecified atom stereocenters. The fourth-order valence-corrected chi connectivity index (χ4v) is 2.38. The van der Waals surface area contributed by atoms with Crippen molar-refractivity contribution in [3.05, 3.63) is 27.7 Å².